The zero-order chi connectivity index (χ0) is 35.6. The van der Waals surface area contributed by atoms with Crippen LogP contribution in [0, 0.1) is 0 Å². The highest BCUT2D eigenvalue weighted by molar-refractivity contribution is 6.76. The third-order valence-corrected chi connectivity index (χ3v) is 11.7. The maximum absolute atomic E-state index is 16.2. The number of carbonyl (C=O) groups is 2. The van der Waals surface area contributed by atoms with Crippen LogP contribution in [0.1, 0.15) is 57.4 Å². The highest BCUT2D eigenvalue weighted by atomic mass is 35.5. The van der Waals surface area contributed by atoms with E-state index in [1.807, 2.05) is 27.8 Å². The van der Waals surface area contributed by atoms with E-state index < -0.39 is 38.0 Å². The number of aromatic nitrogens is 5. The molecule has 15 heteroatoms. The molecule has 5 heterocycles. The second-order valence-electron chi connectivity index (χ2n) is 15.4. The number of benzene rings is 1. The molecule has 0 aliphatic carbocycles. The summed E-state index contributed by atoms with van der Waals surface area (Å²) in [6.45, 7) is 14.4. The number of Topliss-reactive ketones (excluding diaryl/α,β-unsaturated/α-hetero) is 1. The summed E-state index contributed by atoms with van der Waals surface area (Å²) in [4.78, 5) is 37.8. The van der Waals surface area contributed by atoms with Crippen LogP contribution < -0.4 is 10.2 Å². The van der Waals surface area contributed by atoms with E-state index in [9.17, 15) is 9.59 Å². The molecule has 2 saturated heterocycles. The number of amides is 1. The minimum absolute atomic E-state index is 0.144. The number of nitrogens with one attached hydrogen (secondary N) is 1. The van der Waals surface area contributed by atoms with Crippen molar-refractivity contribution in [3.05, 3.63) is 34.2 Å². The van der Waals surface area contributed by atoms with Crippen molar-refractivity contribution >= 4 is 71.0 Å². The zero-order valence-electron chi connectivity index (χ0n) is 29.2. The summed E-state index contributed by atoms with van der Waals surface area (Å²) in [6.07, 6.45) is 1.38. The van der Waals surface area contributed by atoms with Gasteiger partial charge in [-0.1, -0.05) is 48.9 Å². The van der Waals surface area contributed by atoms with Crippen molar-refractivity contribution in [1.82, 2.24) is 29.6 Å². The Bertz CT molecular complexity index is 1940. The van der Waals surface area contributed by atoms with Gasteiger partial charge in [-0.3, -0.25) is 9.48 Å². The van der Waals surface area contributed by atoms with E-state index in [0.717, 1.165) is 6.04 Å². The van der Waals surface area contributed by atoms with Gasteiger partial charge in [0.2, 0.25) is 0 Å². The minimum atomic E-state index is -1.41. The Morgan fingerprint density at radius 1 is 1.12 bits per heavy atom. The van der Waals surface area contributed by atoms with Gasteiger partial charge in [0.05, 0.1) is 28.0 Å². The number of hydrogen-bond acceptors (Lipinski definition) is 8. The fourth-order valence-corrected chi connectivity index (χ4v) is 8.21. The van der Waals surface area contributed by atoms with Crippen molar-refractivity contribution in [2.45, 2.75) is 109 Å². The molecule has 2 bridgehead atoms. The summed E-state index contributed by atoms with van der Waals surface area (Å²) in [6, 6.07) is 3.19. The van der Waals surface area contributed by atoms with Crippen molar-refractivity contribution in [3.63, 3.8) is 0 Å². The van der Waals surface area contributed by atoms with Gasteiger partial charge in [-0.05, 0) is 52.1 Å². The Morgan fingerprint density at radius 3 is 2.53 bits per heavy atom. The second-order valence-corrected chi connectivity index (χ2v) is 21.7. The Balaban J connectivity index is 1.43. The van der Waals surface area contributed by atoms with Crippen molar-refractivity contribution < 1.29 is 23.5 Å². The van der Waals surface area contributed by atoms with Gasteiger partial charge in [-0.25, -0.2) is 19.2 Å². The first-order valence-corrected chi connectivity index (χ1v) is 21.1. The standard InChI is InChI=1S/C34H44Cl2FN7O4Si/c1-18(45)28-32(44-19-9-12-24(44)27(37)23(15-19)38-33(46)48-34(2,3)4)40-31-29(39-28)21(16-43(31)17-47-13-14-49(6,7)8)20-10-11-22-25(26(20)35)30(36)42(5)41-22/h10-11,16,19,23-24,27H,9,12-15,17H2,1-8H3,(H,38,46)/t19-,23-,24+,27-/m0/s1. The molecule has 2 fully saturated rings. The first-order chi connectivity index (χ1) is 22.9. The molecule has 49 heavy (non-hydrogen) atoms. The number of hydrogen-bond donors (Lipinski definition) is 1. The number of piperidine rings is 1. The molecule has 264 valence electrons. The van der Waals surface area contributed by atoms with Crippen LogP contribution in [0.15, 0.2) is 18.3 Å². The van der Waals surface area contributed by atoms with E-state index in [0.29, 0.717) is 75.1 Å². The molecule has 11 nitrogen and oxygen atoms in total. The maximum Gasteiger partial charge on any atom is 0.407 e. The second kappa shape index (κ2) is 13.1. The van der Waals surface area contributed by atoms with Gasteiger partial charge in [0.25, 0.3) is 0 Å². The molecule has 2 aliphatic rings. The normalized spacial score (nSPS) is 21.2. The number of aryl methyl sites for hydroxylation is 1. The van der Waals surface area contributed by atoms with Crippen molar-refractivity contribution in [2.75, 3.05) is 11.5 Å². The lowest BCUT2D eigenvalue weighted by atomic mass is 9.95. The number of rotatable bonds is 9. The predicted octanol–water partition coefficient (Wildman–Crippen LogP) is 7.78. The molecule has 1 amide bonds. The number of fused-ring (bicyclic) bond motifs is 4. The van der Waals surface area contributed by atoms with E-state index in [1.165, 1.54) is 6.92 Å². The van der Waals surface area contributed by atoms with E-state index >= 15 is 4.39 Å². The fraction of sp³-hybridized carbons (Fsp3) is 0.559. The van der Waals surface area contributed by atoms with Crippen LogP contribution in [0.4, 0.5) is 15.0 Å². The molecule has 0 unspecified atom stereocenters. The van der Waals surface area contributed by atoms with Crippen LogP contribution in [-0.4, -0.2) is 80.8 Å². The average Bonchev–Trinajstić information content (AvgIpc) is 3.62. The molecular formula is C34H44Cl2FN7O4Si. The van der Waals surface area contributed by atoms with Crippen molar-refractivity contribution in [2.24, 2.45) is 7.05 Å². The Hall–Kier alpha value is -3.26. The molecule has 1 aromatic carbocycles. The fourth-order valence-electron chi connectivity index (χ4n) is 6.83. The number of anilines is 1. The summed E-state index contributed by atoms with van der Waals surface area (Å²) in [5.74, 6) is 0.0332. The summed E-state index contributed by atoms with van der Waals surface area (Å²) < 4.78 is 31.2. The number of alkyl halides is 1. The van der Waals surface area contributed by atoms with Crippen molar-refractivity contribution in [1.29, 1.82) is 0 Å². The number of alkyl carbamates (subject to hydrolysis) is 1. The smallest absolute Gasteiger partial charge is 0.407 e. The van der Waals surface area contributed by atoms with Crippen LogP contribution in [-0.2, 0) is 23.3 Å². The lowest BCUT2D eigenvalue weighted by molar-refractivity contribution is 0.0447. The van der Waals surface area contributed by atoms with Gasteiger partial charge in [0.1, 0.15) is 34.9 Å². The lowest BCUT2D eigenvalue weighted by Crippen LogP contribution is -2.59. The molecule has 0 spiro atoms. The predicted molar refractivity (Wildman–Crippen MR) is 193 cm³/mol. The Labute approximate surface area is 296 Å². The number of ketones is 1. The van der Waals surface area contributed by atoms with Gasteiger partial charge in [-0.15, -0.1) is 0 Å². The maximum atomic E-state index is 16.2. The average molecular weight is 733 g/mol. The zero-order valence-corrected chi connectivity index (χ0v) is 31.7. The molecule has 1 N–H and O–H groups in total. The summed E-state index contributed by atoms with van der Waals surface area (Å²) in [5, 5.41) is 8.61. The summed E-state index contributed by atoms with van der Waals surface area (Å²) >= 11 is 13.6. The minimum Gasteiger partial charge on any atom is -0.444 e. The molecule has 0 radical (unpaired) electrons. The molecule has 6 rings (SSSR count). The number of ether oxygens (including phenoxy) is 2. The summed E-state index contributed by atoms with van der Waals surface area (Å²) in [7, 11) is 0.408. The molecular weight excluding hydrogens is 688 g/mol. The molecule has 2 aliphatic heterocycles. The molecule has 3 aromatic heterocycles. The Kier molecular flexibility index (Phi) is 9.53. The first kappa shape index (κ1) is 35.6. The van der Waals surface area contributed by atoms with Gasteiger partial charge < -0.3 is 24.3 Å². The van der Waals surface area contributed by atoms with Gasteiger partial charge in [0, 0.05) is 52.0 Å². The van der Waals surface area contributed by atoms with Gasteiger partial charge in [-0.2, -0.15) is 5.10 Å². The third-order valence-electron chi connectivity index (χ3n) is 9.16. The molecule has 0 saturated carbocycles. The van der Waals surface area contributed by atoms with Crippen LogP contribution in [0.5, 0.6) is 0 Å². The van der Waals surface area contributed by atoms with E-state index in [4.69, 9.17) is 42.6 Å². The van der Waals surface area contributed by atoms with Crippen LogP contribution in [0.3, 0.4) is 0 Å². The van der Waals surface area contributed by atoms with Crippen molar-refractivity contribution in [3.8, 4) is 11.1 Å². The number of halogens is 3. The Morgan fingerprint density at radius 2 is 1.86 bits per heavy atom. The topological polar surface area (TPSA) is 116 Å². The molecule has 4 aromatic rings. The van der Waals surface area contributed by atoms with Crippen LogP contribution in [0.2, 0.25) is 35.9 Å². The molecule has 4 atom stereocenters. The lowest BCUT2D eigenvalue weighted by Gasteiger charge is -2.42. The number of nitrogens with zero attached hydrogens (tertiary/aromatic N) is 6. The van der Waals surface area contributed by atoms with Crippen LogP contribution in [0.25, 0.3) is 33.2 Å². The van der Waals surface area contributed by atoms with Gasteiger partial charge in [0.15, 0.2) is 17.2 Å². The quantitative estimate of drug-likeness (QED) is 0.105. The van der Waals surface area contributed by atoms with E-state index in [2.05, 4.69) is 30.1 Å². The summed E-state index contributed by atoms with van der Waals surface area (Å²) in [5.41, 5.74) is 2.36. The van der Waals surface area contributed by atoms with E-state index in [1.54, 1.807) is 32.5 Å². The van der Waals surface area contributed by atoms with E-state index in [-0.39, 0.29) is 24.2 Å². The monoisotopic (exact) mass is 731 g/mol. The van der Waals surface area contributed by atoms with Crippen LogP contribution >= 0.6 is 23.2 Å². The third kappa shape index (κ3) is 7.04. The highest BCUT2D eigenvalue weighted by Crippen LogP contribution is 2.44. The highest BCUT2D eigenvalue weighted by Gasteiger charge is 2.50. The largest absolute Gasteiger partial charge is 0.444 e. The van der Waals surface area contributed by atoms with Gasteiger partial charge >= 0.3 is 6.09 Å². The SMILES string of the molecule is CC(=O)c1nc2c(-c3ccc4nn(C)c(Cl)c4c3Cl)cn(COCC[Si](C)(C)C)c2nc1N1[C@H]2CC[C@@H]1[C@@H](F)[C@@H](NC(=O)OC(C)(C)C)C2. The number of carbonyl (C=O) groups excluding carboxylic acids is 2. The first-order valence-electron chi connectivity index (χ1n) is 16.7.